The zero-order valence-electron chi connectivity index (χ0n) is 14.5. The molecule has 0 saturated carbocycles. The predicted octanol–water partition coefficient (Wildman–Crippen LogP) is 2.25. The average molecular weight is 304 g/mol. The van der Waals surface area contributed by atoms with E-state index in [2.05, 4.69) is 27.7 Å². The summed E-state index contributed by atoms with van der Waals surface area (Å²) in [7, 11) is 0. The monoisotopic (exact) mass is 303 g/mol. The van der Waals surface area contributed by atoms with Gasteiger partial charge in [-0.2, -0.15) is 0 Å². The van der Waals surface area contributed by atoms with E-state index in [0.29, 0.717) is 0 Å². The van der Waals surface area contributed by atoms with E-state index in [9.17, 15) is 0 Å². The molecule has 0 spiro atoms. The van der Waals surface area contributed by atoms with Crippen LogP contribution in [-0.2, 0) is 0 Å². The summed E-state index contributed by atoms with van der Waals surface area (Å²) < 4.78 is 1.45. The molecule has 0 amide bonds. The Labute approximate surface area is 134 Å². The first-order valence-corrected chi connectivity index (χ1v) is 8.97. The zero-order valence-corrected chi connectivity index (χ0v) is 15.2. The van der Waals surface area contributed by atoms with Gasteiger partial charge in [-0.3, -0.25) is 0 Å². The molecule has 1 heterocycles. The molecule has 1 nitrogen and oxygen atoms in total. The Kier molecular flexibility index (Phi) is 11.0. The van der Waals surface area contributed by atoms with Crippen molar-refractivity contribution in [2.75, 3.05) is 26.2 Å². The molecule has 0 aromatic heterocycles. The molecule has 2 unspecified atom stereocenters. The van der Waals surface area contributed by atoms with E-state index in [4.69, 9.17) is 0 Å². The van der Waals surface area contributed by atoms with Gasteiger partial charge < -0.3 is 16.9 Å². The summed E-state index contributed by atoms with van der Waals surface area (Å²) in [6.07, 6.45) is 11.5. The average Bonchev–Trinajstić information content (AvgIpc) is 2.44. The van der Waals surface area contributed by atoms with Crippen molar-refractivity contribution in [3.63, 3.8) is 0 Å². The third-order valence-corrected chi connectivity index (χ3v) is 5.41. The number of likely N-dealkylation sites (tertiary alicyclic amines) is 1. The van der Waals surface area contributed by atoms with Crippen LogP contribution in [0.4, 0.5) is 0 Å². The fourth-order valence-corrected chi connectivity index (χ4v) is 3.63. The molecule has 1 rings (SSSR count). The maximum atomic E-state index is 2.48. The molecule has 0 bridgehead atoms. The van der Waals surface area contributed by atoms with Gasteiger partial charge in [0, 0.05) is 0 Å². The van der Waals surface area contributed by atoms with Gasteiger partial charge >= 0.3 is 0 Å². The van der Waals surface area contributed by atoms with Crippen LogP contribution in [0, 0.1) is 11.8 Å². The van der Waals surface area contributed by atoms with Crippen molar-refractivity contribution in [3.8, 4) is 0 Å². The molecule has 2 atom stereocenters. The molecule has 0 N–H and O–H groups in total. The Balaban J connectivity index is 0.00000361. The topological polar surface area (TPSA) is 0 Å². The van der Waals surface area contributed by atoms with Gasteiger partial charge in [0.05, 0.1) is 26.2 Å². The highest BCUT2D eigenvalue weighted by molar-refractivity contribution is 4.60. The van der Waals surface area contributed by atoms with E-state index in [1.54, 1.807) is 0 Å². The molecule has 1 saturated heterocycles. The Morgan fingerprint density at radius 3 is 1.95 bits per heavy atom. The van der Waals surface area contributed by atoms with E-state index >= 15 is 0 Å². The van der Waals surface area contributed by atoms with E-state index in [1.807, 2.05) is 0 Å². The smallest absolute Gasteiger partial charge is 0.0789 e. The van der Waals surface area contributed by atoms with Crippen molar-refractivity contribution in [3.05, 3.63) is 0 Å². The minimum Gasteiger partial charge on any atom is -1.00 e. The fraction of sp³-hybridized carbons (Fsp3) is 1.00. The summed E-state index contributed by atoms with van der Waals surface area (Å²) in [6.45, 7) is 15.4. The molecule has 0 aromatic rings. The number of rotatable bonds is 9. The lowest BCUT2D eigenvalue weighted by atomic mass is 9.93. The second kappa shape index (κ2) is 10.9. The summed E-state index contributed by atoms with van der Waals surface area (Å²) >= 11 is 0. The van der Waals surface area contributed by atoms with Gasteiger partial charge in [-0.05, 0) is 43.9 Å². The van der Waals surface area contributed by atoms with Crippen molar-refractivity contribution in [1.82, 2.24) is 0 Å². The molecule has 122 valence electrons. The lowest BCUT2D eigenvalue weighted by Crippen LogP contribution is -3.00. The highest BCUT2D eigenvalue weighted by Crippen LogP contribution is 2.24. The Morgan fingerprint density at radius 1 is 0.800 bits per heavy atom. The van der Waals surface area contributed by atoms with Crippen LogP contribution in [-0.4, -0.2) is 30.7 Å². The van der Waals surface area contributed by atoms with E-state index in [-0.39, 0.29) is 12.4 Å². The van der Waals surface area contributed by atoms with Crippen molar-refractivity contribution < 1.29 is 16.9 Å². The van der Waals surface area contributed by atoms with E-state index in [1.165, 1.54) is 82.0 Å². The highest BCUT2D eigenvalue weighted by Gasteiger charge is 2.28. The third-order valence-electron chi connectivity index (χ3n) is 5.41. The minimum atomic E-state index is 0. The van der Waals surface area contributed by atoms with Gasteiger partial charge in [-0.15, -0.1) is 0 Å². The summed E-state index contributed by atoms with van der Waals surface area (Å²) in [5.41, 5.74) is 0. The summed E-state index contributed by atoms with van der Waals surface area (Å²) in [4.78, 5) is 0. The quantitative estimate of drug-likeness (QED) is 0.573. The number of nitrogens with zero attached hydrogens (tertiary/aromatic N) is 1. The van der Waals surface area contributed by atoms with E-state index in [0.717, 1.165) is 11.8 Å². The van der Waals surface area contributed by atoms with Crippen LogP contribution in [0.25, 0.3) is 0 Å². The number of halogens is 1. The molecule has 1 aliphatic rings. The van der Waals surface area contributed by atoms with Crippen LogP contribution in [0.1, 0.15) is 79.1 Å². The van der Waals surface area contributed by atoms with Crippen molar-refractivity contribution >= 4 is 0 Å². The van der Waals surface area contributed by atoms with Gasteiger partial charge in [-0.25, -0.2) is 0 Å². The normalized spacial score (nSPS) is 21.0. The van der Waals surface area contributed by atoms with Crippen molar-refractivity contribution in [2.45, 2.75) is 79.1 Å². The summed E-state index contributed by atoms with van der Waals surface area (Å²) in [6, 6.07) is 0. The van der Waals surface area contributed by atoms with Gasteiger partial charge in [0.25, 0.3) is 0 Å². The largest absolute Gasteiger partial charge is 1.00 e. The first-order chi connectivity index (χ1) is 9.12. The van der Waals surface area contributed by atoms with Crippen LogP contribution >= 0.6 is 0 Å². The standard InChI is InChI=1S/C18H38N.ClH/c1-5-13-19(14-8-7-9-15-19)16-12-18(4)11-10-17(3)6-2;/h17-18H,5-16H2,1-4H3;1H/q+1;/p-1. The fourth-order valence-electron chi connectivity index (χ4n) is 3.63. The summed E-state index contributed by atoms with van der Waals surface area (Å²) in [5.74, 6) is 1.86. The molecule has 0 aliphatic carbocycles. The van der Waals surface area contributed by atoms with Crippen LogP contribution in [0.15, 0.2) is 0 Å². The maximum absolute atomic E-state index is 2.48. The Hall–Kier alpha value is 0.250. The lowest BCUT2D eigenvalue weighted by Gasteiger charge is -2.42. The number of quaternary nitrogens is 1. The molecule has 0 radical (unpaired) electrons. The molecular weight excluding hydrogens is 266 g/mol. The highest BCUT2D eigenvalue weighted by atomic mass is 35.5. The van der Waals surface area contributed by atoms with Gasteiger partial charge in [0.1, 0.15) is 0 Å². The molecule has 2 heteroatoms. The van der Waals surface area contributed by atoms with E-state index < -0.39 is 0 Å². The van der Waals surface area contributed by atoms with Gasteiger partial charge in [-0.1, -0.05) is 47.0 Å². The third kappa shape index (κ3) is 7.31. The maximum Gasteiger partial charge on any atom is 0.0789 e. The molecule has 1 fully saturated rings. The molecule has 1 aliphatic heterocycles. The number of hydrogen-bond donors (Lipinski definition) is 0. The Morgan fingerprint density at radius 2 is 1.40 bits per heavy atom. The SMILES string of the molecule is CCC[N+]1(CCC(C)CCC(C)CC)CCCCC1.[Cl-]. The summed E-state index contributed by atoms with van der Waals surface area (Å²) in [5, 5.41) is 0. The molecular formula is C18H38ClN. The second-order valence-corrected chi connectivity index (χ2v) is 7.28. The van der Waals surface area contributed by atoms with Crippen LogP contribution in [0.3, 0.4) is 0 Å². The van der Waals surface area contributed by atoms with Crippen LogP contribution in [0.2, 0.25) is 0 Å². The second-order valence-electron chi connectivity index (χ2n) is 7.28. The van der Waals surface area contributed by atoms with Gasteiger partial charge in [0.2, 0.25) is 0 Å². The van der Waals surface area contributed by atoms with Gasteiger partial charge in [0.15, 0.2) is 0 Å². The van der Waals surface area contributed by atoms with Crippen LogP contribution in [0.5, 0.6) is 0 Å². The molecule has 20 heavy (non-hydrogen) atoms. The first-order valence-electron chi connectivity index (χ1n) is 8.97. The predicted molar refractivity (Wildman–Crippen MR) is 86.3 cm³/mol. The van der Waals surface area contributed by atoms with Crippen molar-refractivity contribution in [1.29, 1.82) is 0 Å². The Bertz CT molecular complexity index is 218. The lowest BCUT2D eigenvalue weighted by molar-refractivity contribution is -0.933. The van der Waals surface area contributed by atoms with Crippen LogP contribution < -0.4 is 12.4 Å². The number of piperidine rings is 1. The number of hydrogen-bond acceptors (Lipinski definition) is 0. The minimum absolute atomic E-state index is 0. The first kappa shape index (κ1) is 20.2. The molecule has 0 aromatic carbocycles. The zero-order chi connectivity index (χ0) is 14.1. The van der Waals surface area contributed by atoms with Crippen molar-refractivity contribution in [2.24, 2.45) is 11.8 Å².